The number of hydrogen-bond donors (Lipinski definition) is 2. The molecule has 3 nitrogen and oxygen atoms in total. The molecule has 0 fully saturated rings. The van der Waals surface area contributed by atoms with Gasteiger partial charge < -0.3 is 10.6 Å². The minimum absolute atomic E-state index is 0. The van der Waals surface area contributed by atoms with Gasteiger partial charge in [0.1, 0.15) is 0 Å². The van der Waals surface area contributed by atoms with Crippen LogP contribution >= 0.6 is 0 Å². The molecule has 2 N–H and O–H groups in total. The molecule has 0 aliphatic carbocycles. The summed E-state index contributed by atoms with van der Waals surface area (Å²) in [5.41, 5.74) is 0. The topological polar surface area (TPSA) is 41.1 Å². The second-order valence-corrected chi connectivity index (χ2v) is 5.02. The molecular weight excluding hydrogens is 248 g/mol. The first kappa shape index (κ1) is 21.7. The van der Waals surface area contributed by atoms with Gasteiger partial charge in [0, 0.05) is 16.3 Å². The molecule has 0 unspecified atom stereocenters. The zero-order valence-corrected chi connectivity index (χ0v) is 14.4. The Morgan fingerprint density at radius 2 is 1.20 bits per heavy atom. The Kier molecular flexibility index (Phi) is 22.5. The van der Waals surface area contributed by atoms with Crippen molar-refractivity contribution >= 4 is 5.91 Å². The number of amides is 1. The van der Waals surface area contributed by atoms with Crippen molar-refractivity contribution in [2.24, 2.45) is 0 Å². The molecule has 0 aromatic carbocycles. The average Bonchev–Trinajstić information content (AvgIpc) is 2.46. The molecule has 1 amide bonds. The van der Waals surface area contributed by atoms with Crippen molar-refractivity contribution in [3.05, 3.63) is 0 Å². The number of carbonyl (C=O) groups is 1. The van der Waals surface area contributed by atoms with Gasteiger partial charge in [-0.15, -0.1) is 0 Å². The Labute approximate surface area is 130 Å². The lowest BCUT2D eigenvalue weighted by Crippen LogP contribution is -2.20. The lowest BCUT2D eigenvalue weighted by Gasteiger charge is -2.03. The van der Waals surface area contributed by atoms with Gasteiger partial charge in [-0.2, -0.15) is 0 Å². The summed E-state index contributed by atoms with van der Waals surface area (Å²) in [5, 5.41) is 6.19. The van der Waals surface area contributed by atoms with Gasteiger partial charge in [-0.25, -0.2) is 0 Å². The highest BCUT2D eigenvalue weighted by molar-refractivity contribution is 5.72. The fourth-order valence-electron chi connectivity index (χ4n) is 2.05. The van der Waals surface area contributed by atoms with E-state index in [9.17, 15) is 4.79 Å². The first-order chi connectivity index (χ1) is 9.77. The van der Waals surface area contributed by atoms with Gasteiger partial charge in [0.15, 0.2) is 0 Å². The predicted molar refractivity (Wildman–Crippen MR) is 94.4 cm³/mol. The quantitative estimate of drug-likeness (QED) is 0.480. The third kappa shape index (κ3) is 22.6. The van der Waals surface area contributed by atoms with Crippen LogP contribution in [0.1, 0.15) is 88.3 Å². The highest BCUT2D eigenvalue weighted by atomic mass is 16.1. The summed E-state index contributed by atoms with van der Waals surface area (Å²) in [6.45, 7) is 10.9. The summed E-state index contributed by atoms with van der Waals surface area (Å²) in [6, 6.07) is 0. The molecule has 0 saturated heterocycles. The first-order valence-electron chi connectivity index (χ1n) is 8.72. The van der Waals surface area contributed by atoms with Crippen LogP contribution in [0.2, 0.25) is 0 Å². The van der Waals surface area contributed by atoms with E-state index in [1.165, 1.54) is 57.9 Å². The molecule has 0 aliphatic rings. The normalized spacial score (nSPS) is 9.80. The molecule has 3 heteroatoms. The molecule has 0 rings (SSSR count). The van der Waals surface area contributed by atoms with Crippen LogP contribution < -0.4 is 10.6 Å². The van der Waals surface area contributed by atoms with Crippen molar-refractivity contribution in [3.8, 4) is 0 Å². The predicted octanol–water partition coefficient (Wildman–Crippen LogP) is 4.76. The SMILES string of the molecule is CC.CCNCCCCCCCCCCCNC(C)=O.[HH].[HH]. The summed E-state index contributed by atoms with van der Waals surface area (Å²) in [7, 11) is 0. The van der Waals surface area contributed by atoms with Crippen LogP contribution in [0.4, 0.5) is 0 Å². The zero-order chi connectivity index (χ0) is 15.5. The lowest BCUT2D eigenvalue weighted by molar-refractivity contribution is -0.118. The van der Waals surface area contributed by atoms with Gasteiger partial charge in [-0.1, -0.05) is 65.7 Å². The fraction of sp³-hybridized carbons (Fsp3) is 0.941. The number of carbonyl (C=O) groups excluding carboxylic acids is 1. The number of rotatable bonds is 13. The first-order valence-corrected chi connectivity index (χ1v) is 8.72. The molecule has 0 radical (unpaired) electrons. The minimum Gasteiger partial charge on any atom is -0.356 e. The van der Waals surface area contributed by atoms with E-state index in [1.807, 2.05) is 13.8 Å². The van der Waals surface area contributed by atoms with Crippen LogP contribution in [0, 0.1) is 0 Å². The smallest absolute Gasteiger partial charge is 0.216 e. The molecular formula is C17H42N2O. The Morgan fingerprint density at radius 1 is 0.800 bits per heavy atom. The van der Waals surface area contributed by atoms with Gasteiger partial charge >= 0.3 is 0 Å². The highest BCUT2D eigenvalue weighted by Crippen LogP contribution is 2.09. The van der Waals surface area contributed by atoms with Crippen LogP contribution in [0.5, 0.6) is 0 Å². The molecule has 20 heavy (non-hydrogen) atoms. The molecule has 0 bridgehead atoms. The molecule has 0 aromatic rings. The number of nitrogens with one attached hydrogen (secondary N) is 2. The molecule has 0 heterocycles. The summed E-state index contributed by atoms with van der Waals surface area (Å²) in [5.74, 6) is 0.0903. The van der Waals surface area contributed by atoms with E-state index in [0.29, 0.717) is 0 Å². The minimum atomic E-state index is 0. The van der Waals surface area contributed by atoms with Crippen LogP contribution in [0.15, 0.2) is 0 Å². The van der Waals surface area contributed by atoms with E-state index in [2.05, 4.69) is 17.6 Å². The van der Waals surface area contributed by atoms with Crippen molar-refractivity contribution in [1.29, 1.82) is 0 Å². The number of unbranched alkanes of at least 4 members (excludes halogenated alkanes) is 8. The van der Waals surface area contributed by atoms with Crippen LogP contribution in [0.3, 0.4) is 0 Å². The largest absolute Gasteiger partial charge is 0.356 e. The monoisotopic (exact) mass is 290 g/mol. The maximum absolute atomic E-state index is 10.6. The van der Waals surface area contributed by atoms with Crippen molar-refractivity contribution in [2.75, 3.05) is 19.6 Å². The van der Waals surface area contributed by atoms with Gasteiger partial charge in [0.2, 0.25) is 5.91 Å². The summed E-state index contributed by atoms with van der Waals surface area (Å²) >= 11 is 0. The lowest BCUT2D eigenvalue weighted by atomic mass is 10.1. The summed E-state index contributed by atoms with van der Waals surface area (Å²) in [4.78, 5) is 10.6. The Bertz CT molecular complexity index is 193. The third-order valence-electron chi connectivity index (χ3n) is 3.15. The van der Waals surface area contributed by atoms with E-state index in [-0.39, 0.29) is 8.76 Å². The number of hydrogen-bond acceptors (Lipinski definition) is 2. The molecule has 0 spiro atoms. The Morgan fingerprint density at radius 3 is 1.60 bits per heavy atom. The van der Waals surface area contributed by atoms with E-state index in [4.69, 9.17) is 0 Å². The molecule has 0 atom stereocenters. The van der Waals surface area contributed by atoms with Crippen molar-refractivity contribution < 1.29 is 7.65 Å². The van der Waals surface area contributed by atoms with E-state index in [0.717, 1.165) is 19.5 Å². The van der Waals surface area contributed by atoms with Crippen molar-refractivity contribution in [3.63, 3.8) is 0 Å². The van der Waals surface area contributed by atoms with Gasteiger partial charge in [0.25, 0.3) is 0 Å². The Balaban J connectivity index is -0.000000387. The van der Waals surface area contributed by atoms with Crippen molar-refractivity contribution in [2.45, 2.75) is 85.5 Å². The van der Waals surface area contributed by atoms with Gasteiger partial charge in [0.05, 0.1) is 0 Å². The summed E-state index contributed by atoms with van der Waals surface area (Å²) < 4.78 is 0. The van der Waals surface area contributed by atoms with E-state index >= 15 is 0 Å². The highest BCUT2D eigenvalue weighted by Gasteiger charge is 1.94. The van der Waals surface area contributed by atoms with Crippen LogP contribution in [-0.4, -0.2) is 25.5 Å². The molecule has 0 aromatic heterocycles. The van der Waals surface area contributed by atoms with E-state index in [1.54, 1.807) is 6.92 Å². The van der Waals surface area contributed by atoms with Crippen molar-refractivity contribution in [1.82, 2.24) is 10.6 Å². The standard InChI is InChI=1S/C15H32N2O.C2H6.2H2/c1-3-16-13-11-9-7-5-4-6-8-10-12-14-17-15(2)18;1-2;;/h16H,3-14H2,1-2H3,(H,17,18);1-2H3;2*1H. The third-order valence-corrected chi connectivity index (χ3v) is 3.15. The average molecular weight is 291 g/mol. The maximum atomic E-state index is 10.6. The molecule has 126 valence electrons. The van der Waals surface area contributed by atoms with Gasteiger partial charge in [-0.05, 0) is 25.9 Å². The van der Waals surface area contributed by atoms with Gasteiger partial charge in [-0.3, -0.25) is 4.79 Å². The van der Waals surface area contributed by atoms with E-state index < -0.39 is 0 Å². The second kappa shape index (κ2) is 20.7. The fourth-order valence-corrected chi connectivity index (χ4v) is 2.05. The Hall–Kier alpha value is -0.570. The summed E-state index contributed by atoms with van der Waals surface area (Å²) in [6.07, 6.45) is 11.9. The zero-order valence-electron chi connectivity index (χ0n) is 14.4. The molecule has 0 saturated carbocycles. The molecule has 0 aliphatic heterocycles. The van der Waals surface area contributed by atoms with Crippen LogP contribution in [0.25, 0.3) is 0 Å². The maximum Gasteiger partial charge on any atom is 0.216 e. The van der Waals surface area contributed by atoms with Crippen LogP contribution in [-0.2, 0) is 4.79 Å². The second-order valence-electron chi connectivity index (χ2n) is 5.02.